The third-order valence-electron chi connectivity index (χ3n) is 2.90. The molecule has 1 heterocycles. The molecule has 0 aromatic heterocycles. The highest BCUT2D eigenvalue weighted by Gasteiger charge is 2.21. The number of hydrogen-bond acceptors (Lipinski definition) is 3. The van der Waals surface area contributed by atoms with E-state index in [2.05, 4.69) is 11.0 Å². The van der Waals surface area contributed by atoms with Gasteiger partial charge in [0.1, 0.15) is 0 Å². The summed E-state index contributed by atoms with van der Waals surface area (Å²) in [6.07, 6.45) is 0. The number of nitrogens with zero attached hydrogens (tertiary/aromatic N) is 2. The third kappa shape index (κ3) is 1.42. The lowest BCUT2D eigenvalue weighted by Gasteiger charge is -2.29. The molecule has 0 atom stereocenters. The first-order valence-electron chi connectivity index (χ1n) is 5.34. The van der Waals surface area contributed by atoms with Crippen molar-refractivity contribution in [3.05, 3.63) is 48.0 Å². The fourth-order valence-corrected chi connectivity index (χ4v) is 2.01. The standard InChI is InChI=1S/C14H10N2O/c1-16-11-4-2-3-5-13(11)17-14-8-10(9-15)6-7-12(14)16/h2-8H,1H3. The van der Waals surface area contributed by atoms with Gasteiger partial charge in [0.15, 0.2) is 11.5 Å². The SMILES string of the molecule is CN1c2ccccc2Oc2cc(C#N)ccc21. The molecule has 0 spiro atoms. The summed E-state index contributed by atoms with van der Waals surface area (Å²) in [5.74, 6) is 1.54. The van der Waals surface area contributed by atoms with Crippen LogP contribution in [0.4, 0.5) is 11.4 Å². The molecule has 17 heavy (non-hydrogen) atoms. The van der Waals surface area contributed by atoms with Gasteiger partial charge in [-0.15, -0.1) is 0 Å². The van der Waals surface area contributed by atoms with Crippen LogP contribution in [0.25, 0.3) is 0 Å². The van der Waals surface area contributed by atoms with Crippen LogP contribution in [-0.2, 0) is 0 Å². The van der Waals surface area contributed by atoms with E-state index in [-0.39, 0.29) is 0 Å². The molecule has 3 nitrogen and oxygen atoms in total. The predicted molar refractivity (Wildman–Crippen MR) is 65.7 cm³/mol. The van der Waals surface area contributed by atoms with Crippen LogP contribution < -0.4 is 9.64 Å². The minimum Gasteiger partial charge on any atom is -0.453 e. The van der Waals surface area contributed by atoms with Gasteiger partial charge in [-0.3, -0.25) is 0 Å². The van der Waals surface area contributed by atoms with E-state index in [4.69, 9.17) is 10.00 Å². The maximum Gasteiger partial charge on any atom is 0.152 e. The van der Waals surface area contributed by atoms with Crippen molar-refractivity contribution in [3.8, 4) is 17.6 Å². The molecule has 0 amide bonds. The van der Waals surface area contributed by atoms with Crippen molar-refractivity contribution in [3.63, 3.8) is 0 Å². The maximum absolute atomic E-state index is 8.88. The molecular weight excluding hydrogens is 212 g/mol. The van der Waals surface area contributed by atoms with Crippen LogP contribution in [0.3, 0.4) is 0 Å². The number of anilines is 2. The van der Waals surface area contributed by atoms with Gasteiger partial charge >= 0.3 is 0 Å². The minimum atomic E-state index is 0.608. The molecule has 0 radical (unpaired) electrons. The number of benzene rings is 2. The van der Waals surface area contributed by atoms with Crippen molar-refractivity contribution in [2.45, 2.75) is 0 Å². The lowest BCUT2D eigenvalue weighted by molar-refractivity contribution is 0.475. The summed E-state index contributed by atoms with van der Waals surface area (Å²) in [6.45, 7) is 0. The number of rotatable bonds is 0. The first-order valence-corrected chi connectivity index (χ1v) is 5.34. The van der Waals surface area contributed by atoms with E-state index < -0.39 is 0 Å². The molecule has 2 aromatic rings. The molecule has 2 aromatic carbocycles. The molecule has 0 aliphatic carbocycles. The fraction of sp³-hybridized carbons (Fsp3) is 0.0714. The Labute approximate surface area is 99.5 Å². The minimum absolute atomic E-state index is 0.608. The summed E-state index contributed by atoms with van der Waals surface area (Å²) >= 11 is 0. The monoisotopic (exact) mass is 222 g/mol. The Balaban J connectivity index is 2.17. The molecule has 82 valence electrons. The molecule has 0 saturated heterocycles. The van der Waals surface area contributed by atoms with Crippen molar-refractivity contribution in [2.24, 2.45) is 0 Å². The molecule has 0 unspecified atom stereocenters. The summed E-state index contributed by atoms with van der Waals surface area (Å²) in [4.78, 5) is 2.06. The van der Waals surface area contributed by atoms with Crippen LogP contribution in [0.15, 0.2) is 42.5 Å². The van der Waals surface area contributed by atoms with E-state index in [1.54, 1.807) is 12.1 Å². The van der Waals surface area contributed by atoms with Crippen molar-refractivity contribution in [2.75, 3.05) is 11.9 Å². The zero-order valence-corrected chi connectivity index (χ0v) is 9.34. The first-order chi connectivity index (χ1) is 8.29. The molecule has 1 aliphatic rings. The van der Waals surface area contributed by atoms with Crippen molar-refractivity contribution >= 4 is 11.4 Å². The van der Waals surface area contributed by atoms with Crippen LogP contribution in [0.2, 0.25) is 0 Å². The van der Waals surface area contributed by atoms with Gasteiger partial charge < -0.3 is 9.64 Å². The fourth-order valence-electron chi connectivity index (χ4n) is 2.01. The molecule has 1 aliphatic heterocycles. The maximum atomic E-state index is 8.88. The first kappa shape index (κ1) is 9.73. The highest BCUT2D eigenvalue weighted by atomic mass is 16.5. The van der Waals surface area contributed by atoms with Gasteiger partial charge in [0.05, 0.1) is 23.0 Å². The largest absolute Gasteiger partial charge is 0.453 e. The van der Waals surface area contributed by atoms with Gasteiger partial charge in [-0.1, -0.05) is 12.1 Å². The van der Waals surface area contributed by atoms with E-state index >= 15 is 0 Å². The van der Waals surface area contributed by atoms with Gasteiger partial charge in [0.25, 0.3) is 0 Å². The van der Waals surface area contributed by atoms with Gasteiger partial charge in [0.2, 0.25) is 0 Å². The lowest BCUT2D eigenvalue weighted by Crippen LogP contribution is -2.15. The molecule has 3 rings (SSSR count). The summed E-state index contributed by atoms with van der Waals surface area (Å²) in [5.41, 5.74) is 2.61. The molecule has 3 heteroatoms. The van der Waals surface area contributed by atoms with Crippen LogP contribution in [0.5, 0.6) is 11.5 Å². The average Bonchev–Trinajstić information content (AvgIpc) is 2.38. The van der Waals surface area contributed by atoms with Crippen LogP contribution in [-0.4, -0.2) is 7.05 Å². The predicted octanol–water partition coefficient (Wildman–Crippen LogP) is 3.43. The Morgan fingerprint density at radius 2 is 1.82 bits per heavy atom. The number of nitriles is 1. The second-order valence-electron chi connectivity index (χ2n) is 3.92. The molecule has 0 saturated carbocycles. The Morgan fingerprint density at radius 3 is 2.65 bits per heavy atom. The molecule has 0 fully saturated rings. The smallest absolute Gasteiger partial charge is 0.152 e. The number of fused-ring (bicyclic) bond motifs is 2. The van der Waals surface area contributed by atoms with Gasteiger partial charge in [-0.2, -0.15) is 5.26 Å². The van der Waals surface area contributed by atoms with Crippen LogP contribution >= 0.6 is 0 Å². The van der Waals surface area contributed by atoms with Crippen molar-refractivity contribution in [1.82, 2.24) is 0 Å². The Kier molecular flexibility index (Phi) is 2.02. The molecule has 0 bridgehead atoms. The van der Waals surface area contributed by atoms with Gasteiger partial charge in [-0.25, -0.2) is 0 Å². The second kappa shape index (κ2) is 3.53. The number of ether oxygens (including phenoxy) is 1. The quantitative estimate of drug-likeness (QED) is 0.685. The highest BCUT2D eigenvalue weighted by molar-refractivity contribution is 5.77. The van der Waals surface area contributed by atoms with Crippen LogP contribution in [0, 0.1) is 11.3 Å². The lowest BCUT2D eigenvalue weighted by atomic mass is 10.1. The molecule has 0 N–H and O–H groups in total. The van der Waals surface area contributed by atoms with E-state index in [1.165, 1.54) is 0 Å². The number of para-hydroxylation sites is 2. The summed E-state index contributed by atoms with van der Waals surface area (Å²) in [7, 11) is 1.99. The molecular formula is C14H10N2O. The van der Waals surface area contributed by atoms with Crippen molar-refractivity contribution < 1.29 is 4.74 Å². The van der Waals surface area contributed by atoms with Gasteiger partial charge in [0, 0.05) is 13.1 Å². The summed E-state index contributed by atoms with van der Waals surface area (Å²) < 4.78 is 5.80. The Bertz CT molecular complexity index is 628. The van der Waals surface area contributed by atoms with E-state index in [9.17, 15) is 0 Å². The topological polar surface area (TPSA) is 36.3 Å². The summed E-state index contributed by atoms with van der Waals surface area (Å²) in [5, 5.41) is 8.88. The summed E-state index contributed by atoms with van der Waals surface area (Å²) in [6, 6.07) is 15.4. The Hall–Kier alpha value is -2.47. The zero-order valence-electron chi connectivity index (χ0n) is 9.34. The second-order valence-corrected chi connectivity index (χ2v) is 3.92. The normalized spacial score (nSPS) is 12.1. The van der Waals surface area contributed by atoms with Crippen LogP contribution in [0.1, 0.15) is 5.56 Å². The van der Waals surface area contributed by atoms with E-state index in [0.29, 0.717) is 5.56 Å². The third-order valence-corrected chi connectivity index (χ3v) is 2.90. The zero-order chi connectivity index (χ0) is 11.8. The van der Waals surface area contributed by atoms with Gasteiger partial charge in [-0.05, 0) is 24.3 Å². The van der Waals surface area contributed by atoms with E-state index in [1.807, 2.05) is 37.4 Å². The van der Waals surface area contributed by atoms with Crippen molar-refractivity contribution in [1.29, 1.82) is 5.26 Å². The van der Waals surface area contributed by atoms with E-state index in [0.717, 1.165) is 22.9 Å². The highest BCUT2D eigenvalue weighted by Crippen LogP contribution is 2.45. The number of hydrogen-bond donors (Lipinski definition) is 0. The average molecular weight is 222 g/mol. The Morgan fingerprint density at radius 1 is 1.06 bits per heavy atom.